The van der Waals surface area contributed by atoms with Crippen molar-refractivity contribution in [1.29, 1.82) is 0 Å². The Hall–Kier alpha value is -1.94. The Kier molecular flexibility index (Phi) is 3.88. The van der Waals surface area contributed by atoms with E-state index in [0.717, 1.165) is 11.3 Å². The van der Waals surface area contributed by atoms with Crippen molar-refractivity contribution in [3.8, 4) is 0 Å². The number of hydrogen-bond donors (Lipinski definition) is 1. The van der Waals surface area contributed by atoms with Gasteiger partial charge < -0.3 is 10.5 Å². The molecule has 2 aromatic carbocycles. The highest BCUT2D eigenvalue weighted by atomic mass is 32.2. The Morgan fingerprint density at radius 3 is 2.81 bits per heavy atom. The zero-order valence-corrected chi connectivity index (χ0v) is 12.7. The fourth-order valence-corrected chi connectivity index (χ4v) is 3.73. The van der Waals surface area contributed by atoms with Crippen molar-refractivity contribution in [2.45, 2.75) is 12.8 Å². The lowest BCUT2D eigenvalue weighted by molar-refractivity contribution is -0.138. The van der Waals surface area contributed by atoms with E-state index in [-0.39, 0.29) is 11.9 Å². The van der Waals surface area contributed by atoms with Crippen LogP contribution in [0, 0.1) is 0 Å². The number of esters is 1. The summed E-state index contributed by atoms with van der Waals surface area (Å²) in [5.74, 6) is 0.509. The number of rotatable bonds is 3. The van der Waals surface area contributed by atoms with Crippen LogP contribution in [0.25, 0.3) is 10.8 Å². The van der Waals surface area contributed by atoms with Crippen molar-refractivity contribution in [2.75, 3.05) is 12.4 Å². The molecule has 0 spiro atoms. The molecular weight excluding hydrogens is 282 g/mol. The molecule has 0 aliphatic carbocycles. The van der Waals surface area contributed by atoms with Gasteiger partial charge in [-0.2, -0.15) is 0 Å². The van der Waals surface area contributed by atoms with Crippen molar-refractivity contribution in [3.63, 3.8) is 0 Å². The van der Waals surface area contributed by atoms with Crippen LogP contribution >= 0.6 is 11.8 Å². The molecule has 1 aliphatic rings. The topological polar surface area (TPSA) is 52.3 Å². The van der Waals surface area contributed by atoms with Crippen LogP contribution in [0.15, 0.2) is 53.1 Å². The Balaban J connectivity index is 1.99. The first-order valence-corrected chi connectivity index (χ1v) is 7.97. The second-order valence-electron chi connectivity index (χ2n) is 4.97. The molecule has 1 heterocycles. The summed E-state index contributed by atoms with van der Waals surface area (Å²) in [6, 6.07) is 14.5. The van der Waals surface area contributed by atoms with Crippen molar-refractivity contribution < 1.29 is 9.53 Å². The zero-order valence-electron chi connectivity index (χ0n) is 11.8. The predicted molar refractivity (Wildman–Crippen MR) is 87.0 cm³/mol. The van der Waals surface area contributed by atoms with Gasteiger partial charge in [0.05, 0.1) is 17.2 Å². The van der Waals surface area contributed by atoms with Crippen molar-refractivity contribution in [3.05, 3.63) is 58.6 Å². The fourth-order valence-electron chi connectivity index (χ4n) is 2.65. The molecule has 3 nitrogen and oxygen atoms in total. The summed E-state index contributed by atoms with van der Waals surface area (Å²) in [6.45, 7) is 2.17. The second kappa shape index (κ2) is 5.82. The van der Waals surface area contributed by atoms with E-state index in [2.05, 4.69) is 30.3 Å². The first kappa shape index (κ1) is 14.0. The van der Waals surface area contributed by atoms with Gasteiger partial charge in [0, 0.05) is 11.7 Å². The minimum absolute atomic E-state index is 0.0126. The number of hydrogen-bond acceptors (Lipinski definition) is 4. The molecule has 108 valence electrons. The minimum atomic E-state index is -0.293. The molecule has 2 N–H and O–H groups in total. The SMILES string of the molecule is CCOC(=O)C1=C(N)SCC1c1ccc2ccccc2c1. The fraction of sp³-hybridized carbons (Fsp3) is 0.235. The van der Waals surface area contributed by atoms with Crippen LogP contribution < -0.4 is 5.73 Å². The predicted octanol–water partition coefficient (Wildman–Crippen LogP) is 3.40. The van der Waals surface area contributed by atoms with E-state index < -0.39 is 0 Å². The third-order valence-electron chi connectivity index (χ3n) is 3.69. The molecule has 0 bridgehead atoms. The number of carbonyl (C=O) groups is 1. The van der Waals surface area contributed by atoms with Crippen LogP contribution in [0.4, 0.5) is 0 Å². The molecule has 0 fully saturated rings. The molecule has 3 rings (SSSR count). The average molecular weight is 299 g/mol. The van der Waals surface area contributed by atoms with Crippen LogP contribution in [-0.4, -0.2) is 18.3 Å². The van der Waals surface area contributed by atoms with Gasteiger partial charge in [0.1, 0.15) is 0 Å². The van der Waals surface area contributed by atoms with E-state index >= 15 is 0 Å². The van der Waals surface area contributed by atoms with Gasteiger partial charge in [-0.25, -0.2) is 4.79 Å². The smallest absolute Gasteiger partial charge is 0.337 e. The van der Waals surface area contributed by atoms with Crippen molar-refractivity contribution in [2.24, 2.45) is 5.73 Å². The van der Waals surface area contributed by atoms with Crippen molar-refractivity contribution in [1.82, 2.24) is 0 Å². The third kappa shape index (κ3) is 2.63. The van der Waals surface area contributed by atoms with Gasteiger partial charge in [-0.15, -0.1) is 11.8 Å². The second-order valence-corrected chi connectivity index (χ2v) is 6.03. The Bertz CT molecular complexity index is 724. The lowest BCUT2D eigenvalue weighted by Crippen LogP contribution is -2.15. The maximum Gasteiger partial charge on any atom is 0.337 e. The highest BCUT2D eigenvalue weighted by molar-refractivity contribution is 8.03. The molecule has 4 heteroatoms. The maximum absolute atomic E-state index is 12.1. The van der Waals surface area contributed by atoms with Crippen LogP contribution in [-0.2, 0) is 9.53 Å². The number of fused-ring (bicyclic) bond motifs is 1. The van der Waals surface area contributed by atoms with Crippen molar-refractivity contribution >= 4 is 28.5 Å². The quantitative estimate of drug-likeness (QED) is 0.883. The summed E-state index contributed by atoms with van der Waals surface area (Å²) in [4.78, 5) is 12.1. The van der Waals surface area contributed by atoms with E-state index in [9.17, 15) is 4.79 Å². The highest BCUT2D eigenvalue weighted by Crippen LogP contribution is 2.40. The molecule has 21 heavy (non-hydrogen) atoms. The van der Waals surface area contributed by atoms with Gasteiger partial charge in [0.25, 0.3) is 0 Å². The van der Waals surface area contributed by atoms with Crippen LogP contribution in [0.1, 0.15) is 18.4 Å². The number of ether oxygens (including phenoxy) is 1. The normalized spacial score (nSPS) is 18.2. The molecule has 0 aromatic heterocycles. The maximum atomic E-state index is 12.1. The van der Waals surface area contributed by atoms with Gasteiger partial charge in [0.15, 0.2) is 0 Å². The van der Waals surface area contributed by atoms with E-state index in [1.807, 2.05) is 19.1 Å². The summed E-state index contributed by atoms with van der Waals surface area (Å²) in [6.07, 6.45) is 0. The first-order valence-electron chi connectivity index (χ1n) is 6.99. The molecule has 0 radical (unpaired) electrons. The van der Waals surface area contributed by atoms with Crippen LogP contribution in [0.3, 0.4) is 0 Å². The molecule has 0 saturated heterocycles. The average Bonchev–Trinajstić information content (AvgIpc) is 2.89. The standard InChI is InChI=1S/C17H17NO2S/c1-2-20-17(19)15-14(10-21-16(15)18)13-8-7-11-5-3-4-6-12(11)9-13/h3-9,14H,2,10,18H2,1H3. The number of nitrogens with two attached hydrogens (primary N) is 1. The molecule has 2 aromatic rings. The summed E-state index contributed by atoms with van der Waals surface area (Å²) in [5.41, 5.74) is 7.72. The van der Waals surface area contributed by atoms with Gasteiger partial charge in [-0.05, 0) is 23.3 Å². The van der Waals surface area contributed by atoms with Gasteiger partial charge >= 0.3 is 5.97 Å². The van der Waals surface area contributed by atoms with E-state index in [1.54, 1.807) is 0 Å². The van der Waals surface area contributed by atoms with Crippen LogP contribution in [0.5, 0.6) is 0 Å². The van der Waals surface area contributed by atoms with E-state index in [4.69, 9.17) is 10.5 Å². The number of thioether (sulfide) groups is 1. The first-order chi connectivity index (χ1) is 10.2. The lowest BCUT2D eigenvalue weighted by atomic mass is 9.91. The summed E-state index contributed by atoms with van der Waals surface area (Å²) in [7, 11) is 0. The summed E-state index contributed by atoms with van der Waals surface area (Å²) in [5, 5.41) is 2.96. The molecule has 1 aliphatic heterocycles. The Morgan fingerprint density at radius 1 is 1.29 bits per heavy atom. The Labute approximate surface area is 128 Å². The summed E-state index contributed by atoms with van der Waals surface area (Å²) >= 11 is 1.52. The Morgan fingerprint density at radius 2 is 2.05 bits per heavy atom. The summed E-state index contributed by atoms with van der Waals surface area (Å²) < 4.78 is 5.15. The van der Waals surface area contributed by atoms with Crippen LogP contribution in [0.2, 0.25) is 0 Å². The molecule has 1 unspecified atom stereocenters. The van der Waals surface area contributed by atoms with E-state index in [1.165, 1.54) is 22.5 Å². The number of carbonyl (C=O) groups excluding carboxylic acids is 1. The zero-order chi connectivity index (χ0) is 14.8. The molecular formula is C17H17NO2S. The third-order valence-corrected chi connectivity index (χ3v) is 4.72. The van der Waals surface area contributed by atoms with Gasteiger partial charge in [-0.3, -0.25) is 0 Å². The number of benzene rings is 2. The van der Waals surface area contributed by atoms with Gasteiger partial charge in [0.2, 0.25) is 0 Å². The molecule has 0 saturated carbocycles. The highest BCUT2D eigenvalue weighted by Gasteiger charge is 2.32. The minimum Gasteiger partial charge on any atom is -0.463 e. The largest absolute Gasteiger partial charge is 0.463 e. The van der Waals surface area contributed by atoms with Gasteiger partial charge in [-0.1, -0.05) is 42.5 Å². The molecule has 0 amide bonds. The lowest BCUT2D eigenvalue weighted by Gasteiger charge is -2.14. The molecule has 1 atom stereocenters. The van der Waals surface area contributed by atoms with E-state index in [0.29, 0.717) is 17.2 Å². The monoisotopic (exact) mass is 299 g/mol.